The van der Waals surface area contributed by atoms with Gasteiger partial charge in [-0.15, -0.1) is 10.2 Å². The summed E-state index contributed by atoms with van der Waals surface area (Å²) in [5, 5.41) is 9.29. The molecule has 0 radical (unpaired) electrons. The minimum Gasteiger partial charge on any atom is -0.306 e. The van der Waals surface area contributed by atoms with Crippen LogP contribution in [0.4, 0.5) is 0 Å². The lowest BCUT2D eigenvalue weighted by Gasteiger charge is -2.06. The maximum atomic E-state index is 10.9. The molecule has 1 fully saturated rings. The zero-order valence-corrected chi connectivity index (χ0v) is 12.2. The lowest BCUT2D eigenvalue weighted by molar-refractivity contribution is 0.590. The van der Waals surface area contributed by atoms with Gasteiger partial charge in [-0.1, -0.05) is 11.8 Å². The van der Waals surface area contributed by atoms with Crippen molar-refractivity contribution in [2.75, 3.05) is 18.6 Å². The van der Waals surface area contributed by atoms with Gasteiger partial charge in [0.15, 0.2) is 5.16 Å². The third-order valence-electron chi connectivity index (χ3n) is 2.70. The van der Waals surface area contributed by atoms with Gasteiger partial charge in [0.2, 0.25) is 10.0 Å². The highest BCUT2D eigenvalue weighted by Gasteiger charge is 2.29. The normalized spacial score (nSPS) is 16.1. The molecule has 102 valence electrons. The Morgan fingerprint density at radius 3 is 2.72 bits per heavy atom. The molecule has 1 aliphatic rings. The molecule has 0 aromatic carbocycles. The second-order valence-corrected chi connectivity index (χ2v) is 7.27. The van der Waals surface area contributed by atoms with Crippen LogP contribution < -0.4 is 4.72 Å². The summed E-state index contributed by atoms with van der Waals surface area (Å²) in [7, 11) is -3.10. The van der Waals surface area contributed by atoms with Gasteiger partial charge in [-0.25, -0.2) is 13.1 Å². The standard InChI is InChI=1S/C10H18N4O2S2/c1-3-14-9(8-4-5-8)12-13-10(14)17-7-6-11-18(2,15)16/h8,11H,3-7H2,1-2H3. The second-order valence-electron chi connectivity index (χ2n) is 4.37. The number of hydrogen-bond donors (Lipinski definition) is 1. The number of nitrogens with one attached hydrogen (secondary N) is 1. The number of hydrogen-bond acceptors (Lipinski definition) is 5. The van der Waals surface area contributed by atoms with Gasteiger partial charge in [0.25, 0.3) is 0 Å². The summed E-state index contributed by atoms with van der Waals surface area (Å²) in [4.78, 5) is 0. The van der Waals surface area contributed by atoms with Gasteiger partial charge >= 0.3 is 0 Å². The van der Waals surface area contributed by atoms with Crippen LogP contribution in [0.15, 0.2) is 5.16 Å². The Balaban J connectivity index is 1.89. The molecule has 2 rings (SSSR count). The maximum Gasteiger partial charge on any atom is 0.208 e. The Hall–Kier alpha value is -0.600. The van der Waals surface area contributed by atoms with Crippen LogP contribution in [0.2, 0.25) is 0 Å². The summed E-state index contributed by atoms with van der Waals surface area (Å²) in [5.74, 6) is 2.33. The molecule has 8 heteroatoms. The van der Waals surface area contributed by atoms with Crippen LogP contribution in [-0.4, -0.2) is 41.7 Å². The third kappa shape index (κ3) is 3.69. The van der Waals surface area contributed by atoms with Crippen molar-refractivity contribution in [2.24, 2.45) is 0 Å². The summed E-state index contributed by atoms with van der Waals surface area (Å²) >= 11 is 1.54. The largest absolute Gasteiger partial charge is 0.306 e. The van der Waals surface area contributed by atoms with Crippen LogP contribution in [-0.2, 0) is 16.6 Å². The third-order valence-corrected chi connectivity index (χ3v) is 4.40. The molecule has 6 nitrogen and oxygen atoms in total. The summed E-state index contributed by atoms with van der Waals surface area (Å²) in [6.07, 6.45) is 3.58. The van der Waals surface area contributed by atoms with Crippen LogP contribution in [0.5, 0.6) is 0 Å². The molecule has 1 aliphatic carbocycles. The SMILES string of the molecule is CCn1c(SCCNS(C)(=O)=O)nnc1C1CC1. The molecule has 0 unspecified atom stereocenters. The monoisotopic (exact) mass is 290 g/mol. The van der Waals surface area contributed by atoms with Gasteiger partial charge in [0.05, 0.1) is 6.26 Å². The van der Waals surface area contributed by atoms with Crippen molar-refractivity contribution >= 4 is 21.8 Å². The van der Waals surface area contributed by atoms with Crippen molar-refractivity contribution in [2.45, 2.75) is 37.4 Å². The second kappa shape index (κ2) is 5.58. The zero-order valence-electron chi connectivity index (χ0n) is 10.6. The highest BCUT2D eigenvalue weighted by atomic mass is 32.2. The molecule has 1 saturated carbocycles. The molecule has 0 saturated heterocycles. The van der Waals surface area contributed by atoms with Gasteiger partial charge in [-0.3, -0.25) is 0 Å². The summed E-state index contributed by atoms with van der Waals surface area (Å²) in [5.41, 5.74) is 0. The topological polar surface area (TPSA) is 76.9 Å². The van der Waals surface area contributed by atoms with Gasteiger partial charge < -0.3 is 4.57 Å². The predicted octanol–water partition coefficient (Wildman–Crippen LogP) is 0.817. The Labute approximate surface area is 112 Å². The minimum absolute atomic E-state index is 0.416. The number of rotatable bonds is 7. The van der Waals surface area contributed by atoms with Crippen molar-refractivity contribution in [1.82, 2.24) is 19.5 Å². The molecule has 0 amide bonds. The van der Waals surface area contributed by atoms with Gasteiger partial charge in [0.1, 0.15) is 5.82 Å². The average molecular weight is 290 g/mol. The Bertz CT molecular complexity index is 508. The minimum atomic E-state index is -3.10. The fourth-order valence-corrected chi connectivity index (χ4v) is 3.18. The molecule has 1 N–H and O–H groups in total. The molecule has 0 spiro atoms. The van der Waals surface area contributed by atoms with Crippen LogP contribution in [0, 0.1) is 0 Å². The Morgan fingerprint density at radius 2 is 2.17 bits per heavy atom. The van der Waals surface area contributed by atoms with Gasteiger partial charge in [-0.05, 0) is 19.8 Å². The molecule has 0 aliphatic heterocycles. The van der Waals surface area contributed by atoms with Gasteiger partial charge in [0, 0.05) is 24.8 Å². The quantitative estimate of drug-likeness (QED) is 0.594. The number of sulfonamides is 1. The fraction of sp³-hybridized carbons (Fsp3) is 0.800. The summed E-state index contributed by atoms with van der Waals surface area (Å²) in [6.45, 7) is 3.35. The van der Waals surface area contributed by atoms with E-state index >= 15 is 0 Å². The maximum absolute atomic E-state index is 10.9. The lowest BCUT2D eigenvalue weighted by atomic mass is 10.4. The van der Waals surface area contributed by atoms with E-state index in [0.29, 0.717) is 18.2 Å². The molecular weight excluding hydrogens is 272 g/mol. The van der Waals surface area contributed by atoms with Crippen molar-refractivity contribution in [1.29, 1.82) is 0 Å². The van der Waals surface area contributed by atoms with E-state index in [1.54, 1.807) is 11.8 Å². The first-order valence-corrected chi connectivity index (χ1v) is 8.89. The highest BCUT2D eigenvalue weighted by molar-refractivity contribution is 7.99. The average Bonchev–Trinajstić information content (AvgIpc) is 3.04. The molecular formula is C10H18N4O2S2. The van der Waals surface area contributed by atoms with Crippen LogP contribution >= 0.6 is 11.8 Å². The summed E-state index contributed by atoms with van der Waals surface area (Å²) in [6, 6.07) is 0. The molecule has 0 bridgehead atoms. The van der Waals surface area contributed by atoms with Gasteiger partial charge in [-0.2, -0.15) is 0 Å². The van der Waals surface area contributed by atoms with E-state index in [1.165, 1.54) is 12.8 Å². The van der Waals surface area contributed by atoms with Crippen molar-refractivity contribution < 1.29 is 8.42 Å². The first-order chi connectivity index (χ1) is 8.51. The van der Waals surface area contributed by atoms with E-state index in [2.05, 4.69) is 26.4 Å². The van der Waals surface area contributed by atoms with Crippen LogP contribution in [0.1, 0.15) is 31.5 Å². The smallest absolute Gasteiger partial charge is 0.208 e. The van der Waals surface area contributed by atoms with E-state index < -0.39 is 10.0 Å². The predicted molar refractivity (Wildman–Crippen MR) is 71.2 cm³/mol. The first kappa shape index (κ1) is 13.8. The van der Waals surface area contributed by atoms with E-state index in [-0.39, 0.29) is 0 Å². The molecule has 1 heterocycles. The highest BCUT2D eigenvalue weighted by Crippen LogP contribution is 2.39. The van der Waals surface area contributed by atoms with E-state index in [4.69, 9.17) is 0 Å². The lowest BCUT2D eigenvalue weighted by Crippen LogP contribution is -2.24. The first-order valence-electron chi connectivity index (χ1n) is 6.01. The Kier molecular flexibility index (Phi) is 4.29. The molecule has 18 heavy (non-hydrogen) atoms. The fourth-order valence-electron chi connectivity index (χ4n) is 1.72. The number of aromatic nitrogens is 3. The number of nitrogens with zero attached hydrogens (tertiary/aromatic N) is 3. The van der Waals surface area contributed by atoms with Crippen LogP contribution in [0.25, 0.3) is 0 Å². The van der Waals surface area contributed by atoms with E-state index in [0.717, 1.165) is 23.8 Å². The molecule has 0 atom stereocenters. The Morgan fingerprint density at radius 1 is 1.44 bits per heavy atom. The zero-order chi connectivity index (χ0) is 13.2. The van der Waals surface area contributed by atoms with Crippen molar-refractivity contribution in [3.05, 3.63) is 5.82 Å². The van der Waals surface area contributed by atoms with Crippen molar-refractivity contribution in [3.8, 4) is 0 Å². The van der Waals surface area contributed by atoms with E-state index in [9.17, 15) is 8.42 Å². The summed E-state index contributed by atoms with van der Waals surface area (Å²) < 4.78 is 26.4. The van der Waals surface area contributed by atoms with E-state index in [1.807, 2.05) is 0 Å². The number of thioether (sulfide) groups is 1. The van der Waals surface area contributed by atoms with Crippen molar-refractivity contribution in [3.63, 3.8) is 0 Å². The van der Waals surface area contributed by atoms with Crippen LogP contribution in [0.3, 0.4) is 0 Å². The molecule has 1 aromatic rings. The molecule has 1 aromatic heterocycles.